The second kappa shape index (κ2) is 11.4. The first-order valence-electron chi connectivity index (χ1n) is 14.0. The number of rotatable bonds is 7. The Hall–Kier alpha value is -3.75. The lowest BCUT2D eigenvalue weighted by molar-refractivity contribution is -0.117. The van der Waals surface area contributed by atoms with Crippen LogP contribution in [0.1, 0.15) is 57.4 Å². The first kappa shape index (κ1) is 27.8. The van der Waals surface area contributed by atoms with Crippen LogP contribution in [0.25, 0.3) is 22.3 Å². The van der Waals surface area contributed by atoms with Gasteiger partial charge in [0, 0.05) is 29.8 Å². The van der Waals surface area contributed by atoms with E-state index in [1.807, 2.05) is 73.8 Å². The molecule has 0 bridgehead atoms. The molecule has 8 heteroatoms. The molecule has 3 aromatic rings. The number of pyridine rings is 1. The van der Waals surface area contributed by atoms with Crippen LogP contribution in [0.3, 0.4) is 0 Å². The van der Waals surface area contributed by atoms with Gasteiger partial charge in [-0.1, -0.05) is 54.6 Å². The molecular formula is C32H38N4O4. The van der Waals surface area contributed by atoms with Crippen LogP contribution in [0.5, 0.6) is 0 Å². The highest BCUT2D eigenvalue weighted by molar-refractivity contribution is 5.92. The van der Waals surface area contributed by atoms with Crippen LogP contribution in [-0.4, -0.2) is 40.8 Å². The Morgan fingerprint density at radius 3 is 2.27 bits per heavy atom. The number of anilines is 1. The van der Waals surface area contributed by atoms with E-state index in [1.54, 1.807) is 0 Å². The van der Waals surface area contributed by atoms with E-state index in [0.29, 0.717) is 25.1 Å². The maximum atomic E-state index is 12.9. The average molecular weight is 543 g/mol. The molecule has 0 spiro atoms. The Morgan fingerprint density at radius 2 is 1.65 bits per heavy atom. The van der Waals surface area contributed by atoms with Crippen LogP contribution in [0.2, 0.25) is 0 Å². The molecule has 0 radical (unpaired) electrons. The van der Waals surface area contributed by atoms with Crippen LogP contribution in [-0.2, 0) is 15.1 Å². The Labute approximate surface area is 235 Å². The average Bonchev–Trinajstić information content (AvgIpc) is 2.93. The summed E-state index contributed by atoms with van der Waals surface area (Å²) in [5.41, 5.74) is 10.3. The zero-order chi connectivity index (χ0) is 28.3. The molecule has 2 aliphatic rings. The number of ether oxygens (including phenoxy) is 1. The molecule has 210 valence electrons. The summed E-state index contributed by atoms with van der Waals surface area (Å²) in [5, 5.41) is 16.1. The number of nitrogens with one attached hydrogen (secondary N) is 2. The normalized spacial score (nSPS) is 25.9. The predicted octanol–water partition coefficient (Wildman–Crippen LogP) is 5.36. The molecule has 2 amide bonds. The van der Waals surface area contributed by atoms with Crippen molar-refractivity contribution in [3.05, 3.63) is 72.4 Å². The summed E-state index contributed by atoms with van der Waals surface area (Å²) in [6.45, 7) is 1.82. The number of carbonyl (C=O) groups is 2. The number of amides is 2. The lowest BCUT2D eigenvalue weighted by Gasteiger charge is -2.49. The molecule has 0 saturated heterocycles. The minimum Gasteiger partial charge on any atom is -0.453 e. The molecule has 40 heavy (non-hydrogen) atoms. The van der Waals surface area contributed by atoms with Crippen LogP contribution in [0, 0.1) is 5.92 Å². The van der Waals surface area contributed by atoms with Crippen LogP contribution in [0.15, 0.2) is 66.9 Å². The van der Waals surface area contributed by atoms with Gasteiger partial charge in [-0.15, -0.1) is 0 Å². The Morgan fingerprint density at radius 1 is 1.00 bits per heavy atom. The second-order valence-electron chi connectivity index (χ2n) is 11.7. The molecular weight excluding hydrogens is 504 g/mol. The minimum atomic E-state index is -0.709. The molecule has 2 aromatic carbocycles. The van der Waals surface area contributed by atoms with Crippen LogP contribution >= 0.6 is 0 Å². The predicted molar refractivity (Wildman–Crippen MR) is 155 cm³/mol. The van der Waals surface area contributed by atoms with Gasteiger partial charge in [-0.25, -0.2) is 9.78 Å². The quantitative estimate of drug-likeness (QED) is 0.318. The molecule has 2 saturated carbocycles. The van der Waals surface area contributed by atoms with E-state index in [0.717, 1.165) is 53.5 Å². The van der Waals surface area contributed by atoms with Gasteiger partial charge in [-0.05, 0) is 79.7 Å². The van der Waals surface area contributed by atoms with Gasteiger partial charge in [-0.3, -0.25) is 4.79 Å². The molecule has 5 N–H and O–H groups in total. The summed E-state index contributed by atoms with van der Waals surface area (Å²) in [7, 11) is 1.36. The number of alkyl carbamates (subject to hydrolysis) is 1. The number of nitrogens with two attached hydrogens (primary N) is 1. The highest BCUT2D eigenvalue weighted by Crippen LogP contribution is 2.46. The summed E-state index contributed by atoms with van der Waals surface area (Å²) in [5.74, 6) is 0.729. The standard InChI is InChI=1S/C32H38N4O4/c1-31(39)19-32(33,20-31)24-12-10-23(11-13-24)27-18-34-28(17-26(27)22-6-4-3-5-7-22)36-29(37)16-21-8-14-25(15-9-21)35-30(38)40-2/h3-7,10-13,17-18,21,25,39H,8-9,14-16,19-20,33H2,1-2H3,(H,35,38)(H,34,36,37). The second-order valence-corrected chi connectivity index (χ2v) is 11.7. The van der Waals surface area contributed by atoms with Crippen LogP contribution < -0.4 is 16.4 Å². The van der Waals surface area contributed by atoms with Crippen molar-refractivity contribution in [3.8, 4) is 22.3 Å². The van der Waals surface area contributed by atoms with Crippen molar-refractivity contribution < 1.29 is 19.4 Å². The van der Waals surface area contributed by atoms with Gasteiger partial charge in [-0.2, -0.15) is 0 Å². The lowest BCUT2D eigenvalue weighted by Crippen LogP contribution is -2.58. The molecule has 1 heterocycles. The van der Waals surface area contributed by atoms with Gasteiger partial charge in [0.1, 0.15) is 5.82 Å². The zero-order valence-corrected chi connectivity index (χ0v) is 23.2. The minimum absolute atomic E-state index is 0.0578. The topological polar surface area (TPSA) is 127 Å². The maximum Gasteiger partial charge on any atom is 0.407 e. The molecule has 2 aliphatic carbocycles. The van der Waals surface area contributed by atoms with E-state index >= 15 is 0 Å². The van der Waals surface area contributed by atoms with Gasteiger partial charge in [0.05, 0.1) is 12.7 Å². The number of hydrogen-bond donors (Lipinski definition) is 4. The highest BCUT2D eigenvalue weighted by Gasteiger charge is 2.49. The van der Waals surface area contributed by atoms with Crippen molar-refractivity contribution >= 4 is 17.8 Å². The summed E-state index contributed by atoms with van der Waals surface area (Å²) >= 11 is 0. The molecule has 1 aromatic heterocycles. The third kappa shape index (κ3) is 6.35. The van der Waals surface area contributed by atoms with Crippen molar-refractivity contribution in [1.29, 1.82) is 0 Å². The van der Waals surface area contributed by atoms with Crippen molar-refractivity contribution in [2.45, 2.75) is 69.1 Å². The number of methoxy groups -OCH3 is 1. The van der Waals surface area contributed by atoms with Crippen LogP contribution in [0.4, 0.5) is 10.6 Å². The molecule has 5 rings (SSSR count). The van der Waals surface area contributed by atoms with Crippen molar-refractivity contribution in [1.82, 2.24) is 10.3 Å². The number of carbonyl (C=O) groups excluding carboxylic acids is 2. The van der Waals surface area contributed by atoms with E-state index in [1.165, 1.54) is 7.11 Å². The summed E-state index contributed by atoms with van der Waals surface area (Å²) < 4.78 is 4.69. The van der Waals surface area contributed by atoms with Gasteiger partial charge in [0.2, 0.25) is 5.91 Å². The zero-order valence-electron chi connectivity index (χ0n) is 23.2. The highest BCUT2D eigenvalue weighted by atomic mass is 16.5. The third-order valence-electron chi connectivity index (χ3n) is 8.25. The fraction of sp³-hybridized carbons (Fsp3) is 0.406. The monoisotopic (exact) mass is 542 g/mol. The Kier molecular flexibility index (Phi) is 7.92. The fourth-order valence-corrected chi connectivity index (χ4v) is 6.30. The van der Waals surface area contributed by atoms with Crippen molar-refractivity contribution in [2.75, 3.05) is 12.4 Å². The molecule has 0 aliphatic heterocycles. The van der Waals surface area contributed by atoms with Gasteiger partial charge >= 0.3 is 6.09 Å². The number of aromatic nitrogens is 1. The summed E-state index contributed by atoms with van der Waals surface area (Å²) in [4.78, 5) is 29.0. The smallest absolute Gasteiger partial charge is 0.407 e. The first-order chi connectivity index (χ1) is 19.1. The van der Waals surface area contributed by atoms with Crippen molar-refractivity contribution in [2.24, 2.45) is 11.7 Å². The van der Waals surface area contributed by atoms with E-state index in [9.17, 15) is 14.7 Å². The SMILES string of the molecule is COC(=O)NC1CCC(CC(=O)Nc2cc(-c3ccccc3)c(-c3ccc(C4(N)CC(C)(O)C4)cc3)cn2)CC1. The van der Waals surface area contributed by atoms with E-state index in [2.05, 4.69) is 20.4 Å². The number of aliphatic hydroxyl groups is 1. The van der Waals surface area contributed by atoms with Crippen molar-refractivity contribution in [3.63, 3.8) is 0 Å². The summed E-state index contributed by atoms with van der Waals surface area (Å²) in [6.07, 6.45) is 6.32. The fourth-order valence-electron chi connectivity index (χ4n) is 6.30. The molecule has 2 fully saturated rings. The first-order valence-corrected chi connectivity index (χ1v) is 14.0. The number of hydrogen-bond acceptors (Lipinski definition) is 6. The van der Waals surface area contributed by atoms with Gasteiger partial charge in [0.15, 0.2) is 0 Å². The maximum absolute atomic E-state index is 12.9. The van der Waals surface area contributed by atoms with Gasteiger partial charge < -0.3 is 26.2 Å². The molecule has 0 unspecified atom stereocenters. The molecule has 8 nitrogen and oxygen atoms in total. The largest absolute Gasteiger partial charge is 0.453 e. The third-order valence-corrected chi connectivity index (χ3v) is 8.25. The van der Waals surface area contributed by atoms with E-state index in [4.69, 9.17) is 5.73 Å². The summed E-state index contributed by atoms with van der Waals surface area (Å²) in [6, 6.07) is 20.2. The number of benzene rings is 2. The van der Waals surface area contributed by atoms with E-state index in [-0.39, 0.29) is 17.9 Å². The van der Waals surface area contributed by atoms with Gasteiger partial charge in [0.25, 0.3) is 0 Å². The Bertz CT molecular complexity index is 1340. The molecule has 0 atom stereocenters. The Balaban J connectivity index is 1.29. The lowest BCUT2D eigenvalue weighted by atomic mass is 9.63. The van der Waals surface area contributed by atoms with E-state index < -0.39 is 17.2 Å². The number of nitrogens with zero attached hydrogens (tertiary/aromatic N) is 1.